The molecular formula is C10H16N2S. The molecule has 0 radical (unpaired) electrons. The van der Waals surface area contributed by atoms with E-state index in [9.17, 15) is 0 Å². The van der Waals surface area contributed by atoms with E-state index in [1.165, 1.54) is 36.6 Å². The molecular weight excluding hydrogens is 180 g/mol. The van der Waals surface area contributed by atoms with Crippen LogP contribution in [-0.4, -0.2) is 23.5 Å². The van der Waals surface area contributed by atoms with Crippen LogP contribution in [0.3, 0.4) is 0 Å². The smallest absolute Gasteiger partial charge is 0.156 e. The topological polar surface area (TPSA) is 24.4 Å². The van der Waals surface area contributed by atoms with Crippen LogP contribution in [0.1, 0.15) is 25.7 Å². The molecule has 0 saturated heterocycles. The summed E-state index contributed by atoms with van der Waals surface area (Å²) in [4.78, 5) is 4.45. The van der Waals surface area contributed by atoms with Crippen LogP contribution >= 0.6 is 11.8 Å². The van der Waals surface area contributed by atoms with Gasteiger partial charge in [-0.15, -0.1) is 0 Å². The van der Waals surface area contributed by atoms with Gasteiger partial charge in [-0.05, 0) is 31.1 Å². The fraction of sp³-hybridized carbons (Fsp3) is 0.900. The number of thioether (sulfide) groups is 1. The number of fused-ring (bicyclic) bond motifs is 2. The van der Waals surface area contributed by atoms with Crippen molar-refractivity contribution in [1.29, 1.82) is 0 Å². The van der Waals surface area contributed by atoms with Crippen molar-refractivity contribution in [2.24, 2.45) is 16.8 Å². The molecule has 0 spiro atoms. The minimum Gasteiger partial charge on any atom is -0.362 e. The minimum atomic E-state index is 0.767. The average molecular weight is 196 g/mol. The number of nitrogens with one attached hydrogen (secondary N) is 1. The number of nitrogens with zero attached hydrogens (tertiary/aromatic N) is 1. The van der Waals surface area contributed by atoms with Gasteiger partial charge in [0.05, 0.1) is 6.54 Å². The molecule has 2 aliphatic carbocycles. The Kier molecular flexibility index (Phi) is 2.00. The molecule has 1 aliphatic heterocycles. The van der Waals surface area contributed by atoms with Gasteiger partial charge < -0.3 is 5.32 Å². The van der Waals surface area contributed by atoms with Crippen molar-refractivity contribution in [2.75, 3.05) is 12.3 Å². The molecule has 0 amide bonds. The highest BCUT2D eigenvalue weighted by molar-refractivity contribution is 8.14. The number of hydrogen-bond acceptors (Lipinski definition) is 3. The van der Waals surface area contributed by atoms with Crippen molar-refractivity contribution in [2.45, 2.75) is 31.7 Å². The van der Waals surface area contributed by atoms with Crippen molar-refractivity contribution in [1.82, 2.24) is 5.32 Å². The Hall–Kier alpha value is -0.180. The van der Waals surface area contributed by atoms with E-state index in [0.717, 1.165) is 24.4 Å². The van der Waals surface area contributed by atoms with Gasteiger partial charge in [-0.25, -0.2) is 0 Å². The van der Waals surface area contributed by atoms with Crippen LogP contribution in [0.5, 0.6) is 0 Å². The first-order chi connectivity index (χ1) is 6.42. The molecule has 0 aromatic rings. The third-order valence-electron chi connectivity index (χ3n) is 3.63. The van der Waals surface area contributed by atoms with E-state index >= 15 is 0 Å². The summed E-state index contributed by atoms with van der Waals surface area (Å²) in [5, 5.41) is 4.84. The lowest BCUT2D eigenvalue weighted by Crippen LogP contribution is -2.36. The lowest BCUT2D eigenvalue weighted by atomic mass is 9.96. The van der Waals surface area contributed by atoms with Crippen LogP contribution in [-0.2, 0) is 0 Å². The SMILES string of the molecule is C1CSC(NC2CC3CCC2C3)=N1. The molecule has 3 aliphatic rings. The van der Waals surface area contributed by atoms with Crippen LogP contribution in [0.2, 0.25) is 0 Å². The molecule has 0 aromatic carbocycles. The summed E-state index contributed by atoms with van der Waals surface area (Å²) in [5.74, 6) is 3.19. The maximum absolute atomic E-state index is 4.45. The van der Waals surface area contributed by atoms with Crippen LogP contribution in [0, 0.1) is 11.8 Å². The molecule has 3 unspecified atom stereocenters. The van der Waals surface area contributed by atoms with Gasteiger partial charge in [0.1, 0.15) is 0 Å². The second-order valence-corrected chi connectivity index (χ2v) is 5.54. The van der Waals surface area contributed by atoms with Crippen molar-refractivity contribution in [3.8, 4) is 0 Å². The molecule has 13 heavy (non-hydrogen) atoms. The monoisotopic (exact) mass is 196 g/mol. The summed E-state index contributed by atoms with van der Waals surface area (Å²) >= 11 is 1.90. The van der Waals surface area contributed by atoms with Crippen LogP contribution in [0.15, 0.2) is 4.99 Å². The van der Waals surface area contributed by atoms with E-state index in [1.54, 1.807) is 0 Å². The fourth-order valence-corrected chi connectivity index (χ4v) is 3.80. The third kappa shape index (κ3) is 1.47. The molecule has 0 aromatic heterocycles. The van der Waals surface area contributed by atoms with E-state index in [2.05, 4.69) is 10.3 Å². The molecule has 2 saturated carbocycles. The first-order valence-corrected chi connectivity index (χ1v) is 6.34. The third-order valence-corrected chi connectivity index (χ3v) is 4.54. The standard InChI is InChI=1S/C10H16N2S/c1-2-8-5-7(1)6-9(8)12-10-11-3-4-13-10/h7-9H,1-6H2,(H,11,12). The molecule has 72 valence electrons. The van der Waals surface area contributed by atoms with Gasteiger partial charge in [0.2, 0.25) is 0 Å². The van der Waals surface area contributed by atoms with Gasteiger partial charge in [0.15, 0.2) is 5.17 Å². The second-order valence-electron chi connectivity index (χ2n) is 4.46. The summed E-state index contributed by atoms with van der Waals surface area (Å²) in [7, 11) is 0. The summed E-state index contributed by atoms with van der Waals surface area (Å²) in [6.07, 6.45) is 5.84. The van der Waals surface area contributed by atoms with E-state index in [0.29, 0.717) is 0 Å². The zero-order valence-electron chi connectivity index (χ0n) is 7.83. The molecule has 2 bridgehead atoms. The largest absolute Gasteiger partial charge is 0.362 e. The molecule has 3 rings (SSSR count). The highest BCUT2D eigenvalue weighted by Crippen LogP contribution is 2.44. The van der Waals surface area contributed by atoms with E-state index < -0.39 is 0 Å². The van der Waals surface area contributed by atoms with Crippen LogP contribution in [0.25, 0.3) is 0 Å². The minimum absolute atomic E-state index is 0.767. The Balaban J connectivity index is 1.61. The highest BCUT2D eigenvalue weighted by atomic mass is 32.2. The molecule has 2 nitrogen and oxygen atoms in total. The number of rotatable bonds is 1. The van der Waals surface area contributed by atoms with E-state index in [1.807, 2.05) is 11.8 Å². The summed E-state index contributed by atoms with van der Waals surface area (Å²) < 4.78 is 0. The number of aliphatic imine (C=N–C) groups is 1. The highest BCUT2D eigenvalue weighted by Gasteiger charge is 2.39. The van der Waals surface area contributed by atoms with Crippen molar-refractivity contribution in [3.05, 3.63) is 0 Å². The summed E-state index contributed by atoms with van der Waals surface area (Å²) in [6.45, 7) is 1.02. The Morgan fingerprint density at radius 3 is 2.92 bits per heavy atom. The van der Waals surface area contributed by atoms with E-state index in [4.69, 9.17) is 0 Å². The summed E-state index contributed by atoms with van der Waals surface area (Å²) in [5.41, 5.74) is 0. The molecule has 1 heterocycles. The van der Waals surface area contributed by atoms with Gasteiger partial charge in [-0.1, -0.05) is 18.2 Å². The Bertz CT molecular complexity index is 239. The van der Waals surface area contributed by atoms with Crippen LogP contribution in [0.4, 0.5) is 0 Å². The zero-order chi connectivity index (χ0) is 8.67. The lowest BCUT2D eigenvalue weighted by Gasteiger charge is -2.23. The normalized spacial score (nSPS) is 42.5. The van der Waals surface area contributed by atoms with Gasteiger partial charge in [0, 0.05) is 11.8 Å². The first kappa shape index (κ1) is 8.16. The predicted octanol–water partition coefficient (Wildman–Crippen LogP) is 1.87. The Labute approximate surface area is 83.6 Å². The fourth-order valence-electron chi connectivity index (χ4n) is 3.00. The average Bonchev–Trinajstić information content (AvgIpc) is 2.77. The zero-order valence-corrected chi connectivity index (χ0v) is 8.65. The number of hydrogen-bond donors (Lipinski definition) is 1. The first-order valence-electron chi connectivity index (χ1n) is 5.35. The van der Waals surface area contributed by atoms with Crippen molar-refractivity contribution < 1.29 is 0 Å². The van der Waals surface area contributed by atoms with Gasteiger partial charge in [0.25, 0.3) is 0 Å². The Morgan fingerprint density at radius 1 is 1.31 bits per heavy atom. The predicted molar refractivity (Wildman–Crippen MR) is 57.1 cm³/mol. The van der Waals surface area contributed by atoms with Gasteiger partial charge in [-0.2, -0.15) is 0 Å². The van der Waals surface area contributed by atoms with Gasteiger partial charge in [-0.3, -0.25) is 4.99 Å². The second kappa shape index (κ2) is 3.19. The molecule has 3 atom stereocenters. The van der Waals surface area contributed by atoms with Crippen molar-refractivity contribution in [3.63, 3.8) is 0 Å². The maximum atomic E-state index is 4.45. The maximum Gasteiger partial charge on any atom is 0.156 e. The molecule has 2 fully saturated rings. The van der Waals surface area contributed by atoms with Crippen molar-refractivity contribution >= 4 is 16.9 Å². The molecule has 3 heteroatoms. The quantitative estimate of drug-likeness (QED) is 0.692. The van der Waals surface area contributed by atoms with E-state index in [-0.39, 0.29) is 0 Å². The Morgan fingerprint density at radius 2 is 2.31 bits per heavy atom. The molecule has 1 N–H and O–H groups in total. The lowest BCUT2D eigenvalue weighted by molar-refractivity contribution is 0.392. The van der Waals surface area contributed by atoms with Gasteiger partial charge >= 0.3 is 0 Å². The summed E-state index contributed by atoms with van der Waals surface area (Å²) in [6, 6.07) is 0.767. The number of amidine groups is 1. The van der Waals surface area contributed by atoms with Crippen LogP contribution < -0.4 is 5.32 Å².